The zero-order valence-electron chi connectivity index (χ0n) is 10.6. The molecule has 94 valence electrons. The van der Waals surface area contributed by atoms with Gasteiger partial charge in [0, 0.05) is 18.6 Å². The van der Waals surface area contributed by atoms with Gasteiger partial charge in [0.2, 0.25) is 0 Å². The van der Waals surface area contributed by atoms with Gasteiger partial charge in [0.25, 0.3) is 0 Å². The van der Waals surface area contributed by atoms with Crippen LogP contribution < -0.4 is 10.5 Å². The van der Waals surface area contributed by atoms with E-state index in [2.05, 4.69) is 13.0 Å². The van der Waals surface area contributed by atoms with Crippen molar-refractivity contribution in [2.45, 2.75) is 31.9 Å². The summed E-state index contributed by atoms with van der Waals surface area (Å²) in [6.07, 6.45) is 2.19. The van der Waals surface area contributed by atoms with Crippen molar-refractivity contribution in [1.29, 1.82) is 0 Å². The first kappa shape index (κ1) is 12.4. The molecule has 0 bridgehead atoms. The minimum atomic E-state index is 0.142. The highest BCUT2D eigenvalue weighted by Crippen LogP contribution is 2.27. The van der Waals surface area contributed by atoms with Gasteiger partial charge in [0.05, 0.1) is 13.2 Å². The molecule has 2 rings (SSSR count). The van der Waals surface area contributed by atoms with Crippen LogP contribution in [0.5, 0.6) is 5.75 Å². The van der Waals surface area contributed by atoms with Gasteiger partial charge < -0.3 is 15.2 Å². The average Bonchev–Trinajstić information content (AvgIpc) is 2.76. The molecule has 17 heavy (non-hydrogen) atoms. The summed E-state index contributed by atoms with van der Waals surface area (Å²) in [5, 5.41) is 0. The van der Waals surface area contributed by atoms with Crippen LogP contribution >= 0.6 is 0 Å². The molecule has 3 unspecified atom stereocenters. The van der Waals surface area contributed by atoms with Crippen molar-refractivity contribution in [3.05, 3.63) is 29.8 Å². The predicted molar refractivity (Wildman–Crippen MR) is 68.2 cm³/mol. The molecule has 0 amide bonds. The summed E-state index contributed by atoms with van der Waals surface area (Å²) >= 11 is 0. The van der Waals surface area contributed by atoms with Crippen LogP contribution in [-0.4, -0.2) is 25.9 Å². The van der Waals surface area contributed by atoms with Crippen LogP contribution in [0.1, 0.15) is 18.9 Å². The Labute approximate surface area is 103 Å². The van der Waals surface area contributed by atoms with Crippen LogP contribution in [-0.2, 0) is 11.2 Å². The normalized spacial score (nSPS) is 25.8. The molecule has 0 aliphatic carbocycles. The van der Waals surface area contributed by atoms with Crippen molar-refractivity contribution in [3.63, 3.8) is 0 Å². The molecular formula is C14H21NO2. The second kappa shape index (κ2) is 5.52. The maximum absolute atomic E-state index is 6.29. The predicted octanol–water partition coefficient (Wildman–Crippen LogP) is 1.99. The minimum Gasteiger partial charge on any atom is -0.496 e. The van der Waals surface area contributed by atoms with Crippen LogP contribution in [0.15, 0.2) is 24.3 Å². The van der Waals surface area contributed by atoms with E-state index < -0.39 is 0 Å². The molecule has 1 aliphatic rings. The van der Waals surface area contributed by atoms with Crippen molar-refractivity contribution in [2.75, 3.05) is 13.7 Å². The van der Waals surface area contributed by atoms with Crippen LogP contribution in [0.25, 0.3) is 0 Å². The minimum absolute atomic E-state index is 0.142. The van der Waals surface area contributed by atoms with Gasteiger partial charge in [-0.3, -0.25) is 0 Å². The zero-order chi connectivity index (χ0) is 12.3. The molecule has 1 aliphatic heterocycles. The lowest BCUT2D eigenvalue weighted by Crippen LogP contribution is -2.36. The number of para-hydroxylation sites is 1. The first-order valence-electron chi connectivity index (χ1n) is 6.21. The van der Waals surface area contributed by atoms with Crippen LogP contribution in [0.2, 0.25) is 0 Å². The van der Waals surface area contributed by atoms with Gasteiger partial charge >= 0.3 is 0 Å². The van der Waals surface area contributed by atoms with E-state index in [0.29, 0.717) is 5.92 Å². The monoisotopic (exact) mass is 235 g/mol. The van der Waals surface area contributed by atoms with E-state index in [9.17, 15) is 0 Å². The number of nitrogens with two attached hydrogens (primary N) is 1. The maximum atomic E-state index is 6.29. The molecule has 1 heterocycles. The Balaban J connectivity index is 2.04. The van der Waals surface area contributed by atoms with Crippen molar-refractivity contribution >= 4 is 0 Å². The number of ether oxygens (including phenoxy) is 2. The van der Waals surface area contributed by atoms with Crippen LogP contribution in [0.3, 0.4) is 0 Å². The largest absolute Gasteiger partial charge is 0.496 e. The Kier molecular flexibility index (Phi) is 4.02. The summed E-state index contributed by atoms with van der Waals surface area (Å²) in [5.41, 5.74) is 7.47. The molecule has 0 saturated carbocycles. The van der Waals surface area contributed by atoms with E-state index in [4.69, 9.17) is 15.2 Å². The smallest absolute Gasteiger partial charge is 0.122 e. The molecule has 3 nitrogen and oxygen atoms in total. The van der Waals surface area contributed by atoms with Crippen LogP contribution in [0.4, 0.5) is 0 Å². The van der Waals surface area contributed by atoms with Gasteiger partial charge in [-0.25, -0.2) is 0 Å². The van der Waals surface area contributed by atoms with Gasteiger partial charge in [0.15, 0.2) is 0 Å². The molecule has 1 aromatic carbocycles. The summed E-state index contributed by atoms with van der Waals surface area (Å²) in [6.45, 7) is 2.95. The summed E-state index contributed by atoms with van der Waals surface area (Å²) in [5.74, 6) is 1.38. The Bertz CT molecular complexity index is 367. The standard InChI is InChI=1S/C14H21NO2/c1-10-12(7-8-17-10)13(15)9-11-5-3-4-6-14(11)16-2/h3-6,10,12-13H,7-9,15H2,1-2H3. The third-order valence-electron chi connectivity index (χ3n) is 3.63. The number of methoxy groups -OCH3 is 1. The maximum Gasteiger partial charge on any atom is 0.122 e. The van der Waals surface area contributed by atoms with Gasteiger partial charge in [-0.15, -0.1) is 0 Å². The molecule has 2 N–H and O–H groups in total. The van der Waals surface area contributed by atoms with Gasteiger partial charge in [-0.2, -0.15) is 0 Å². The fraction of sp³-hybridized carbons (Fsp3) is 0.571. The van der Waals surface area contributed by atoms with E-state index in [-0.39, 0.29) is 12.1 Å². The van der Waals surface area contributed by atoms with Crippen molar-refractivity contribution in [1.82, 2.24) is 0 Å². The van der Waals surface area contributed by atoms with E-state index in [1.54, 1.807) is 7.11 Å². The van der Waals surface area contributed by atoms with Gasteiger partial charge in [-0.05, 0) is 31.4 Å². The number of rotatable bonds is 4. The summed E-state index contributed by atoms with van der Waals surface area (Å²) in [7, 11) is 1.70. The van der Waals surface area contributed by atoms with E-state index in [1.807, 2.05) is 18.2 Å². The third-order valence-corrected chi connectivity index (χ3v) is 3.63. The zero-order valence-corrected chi connectivity index (χ0v) is 10.6. The number of benzene rings is 1. The molecule has 1 fully saturated rings. The second-order valence-corrected chi connectivity index (χ2v) is 4.71. The Morgan fingerprint density at radius 1 is 1.47 bits per heavy atom. The molecule has 0 aromatic heterocycles. The van der Waals surface area contributed by atoms with Crippen molar-refractivity contribution < 1.29 is 9.47 Å². The molecule has 3 atom stereocenters. The first-order chi connectivity index (χ1) is 8.22. The number of hydrogen-bond acceptors (Lipinski definition) is 3. The van der Waals surface area contributed by atoms with Crippen molar-refractivity contribution in [3.8, 4) is 5.75 Å². The lowest BCUT2D eigenvalue weighted by molar-refractivity contribution is 0.0994. The fourth-order valence-electron chi connectivity index (χ4n) is 2.59. The van der Waals surface area contributed by atoms with Gasteiger partial charge in [0.1, 0.15) is 5.75 Å². The SMILES string of the molecule is COc1ccccc1CC(N)C1CCOC1C. The average molecular weight is 235 g/mol. The lowest BCUT2D eigenvalue weighted by Gasteiger charge is -2.22. The van der Waals surface area contributed by atoms with E-state index in [0.717, 1.165) is 25.2 Å². The molecule has 1 aromatic rings. The highest BCUT2D eigenvalue weighted by atomic mass is 16.5. The molecule has 1 saturated heterocycles. The Morgan fingerprint density at radius 2 is 2.24 bits per heavy atom. The van der Waals surface area contributed by atoms with E-state index in [1.165, 1.54) is 5.56 Å². The summed E-state index contributed by atoms with van der Waals surface area (Å²) < 4.78 is 10.9. The van der Waals surface area contributed by atoms with Gasteiger partial charge in [-0.1, -0.05) is 18.2 Å². The molecule has 0 spiro atoms. The number of hydrogen-bond donors (Lipinski definition) is 1. The third kappa shape index (κ3) is 2.79. The molecule has 0 radical (unpaired) electrons. The van der Waals surface area contributed by atoms with Crippen LogP contribution in [0, 0.1) is 5.92 Å². The fourth-order valence-corrected chi connectivity index (χ4v) is 2.59. The second-order valence-electron chi connectivity index (χ2n) is 4.71. The Morgan fingerprint density at radius 3 is 2.88 bits per heavy atom. The summed E-state index contributed by atoms with van der Waals surface area (Å²) in [4.78, 5) is 0. The molecular weight excluding hydrogens is 214 g/mol. The summed E-state index contributed by atoms with van der Waals surface area (Å²) in [6, 6.07) is 8.22. The quantitative estimate of drug-likeness (QED) is 0.868. The highest BCUT2D eigenvalue weighted by molar-refractivity contribution is 5.33. The topological polar surface area (TPSA) is 44.5 Å². The lowest BCUT2D eigenvalue weighted by atomic mass is 9.89. The highest BCUT2D eigenvalue weighted by Gasteiger charge is 2.30. The molecule has 3 heteroatoms. The Hall–Kier alpha value is -1.06. The van der Waals surface area contributed by atoms with E-state index >= 15 is 0 Å². The first-order valence-corrected chi connectivity index (χ1v) is 6.21. The van der Waals surface area contributed by atoms with Crippen molar-refractivity contribution in [2.24, 2.45) is 11.7 Å².